The van der Waals surface area contributed by atoms with Crippen molar-refractivity contribution in [1.82, 2.24) is 5.32 Å². The van der Waals surface area contributed by atoms with Crippen LogP contribution < -0.4 is 16.4 Å². The molecule has 1 aromatic heterocycles. The van der Waals surface area contributed by atoms with Gasteiger partial charge in [0.15, 0.2) is 0 Å². The highest BCUT2D eigenvalue weighted by Crippen LogP contribution is 2.22. The lowest BCUT2D eigenvalue weighted by Gasteiger charge is -2.16. The zero-order chi connectivity index (χ0) is 16.0. The van der Waals surface area contributed by atoms with Crippen LogP contribution in [-0.2, 0) is 9.59 Å². The van der Waals surface area contributed by atoms with E-state index in [0.717, 1.165) is 0 Å². The molecule has 0 aromatic carbocycles. The smallest absolute Gasteiger partial charge is 0.320 e. The highest BCUT2D eigenvalue weighted by molar-refractivity contribution is 7.14. The highest BCUT2D eigenvalue weighted by Gasteiger charge is 2.20. The lowest BCUT2D eigenvalue weighted by Crippen LogP contribution is -2.42. The maximum Gasteiger partial charge on any atom is 0.320 e. The number of carboxylic acids is 1. The molecule has 0 fully saturated rings. The van der Waals surface area contributed by atoms with Crippen molar-refractivity contribution in [3.63, 3.8) is 0 Å². The number of carbonyl (C=O) groups is 3. The van der Waals surface area contributed by atoms with Gasteiger partial charge in [-0.2, -0.15) is 0 Å². The summed E-state index contributed by atoms with van der Waals surface area (Å²) >= 11 is 1.18. The molecule has 1 atom stereocenters. The fraction of sp³-hybridized carbons (Fsp3) is 0.462. The van der Waals surface area contributed by atoms with E-state index in [9.17, 15) is 14.4 Å². The van der Waals surface area contributed by atoms with Crippen molar-refractivity contribution in [2.24, 2.45) is 11.7 Å². The molecular formula is C13H19N3O4S. The summed E-state index contributed by atoms with van der Waals surface area (Å²) in [6.07, 6.45) is 0.425. The van der Waals surface area contributed by atoms with Crippen LogP contribution in [0.3, 0.4) is 0 Å². The summed E-state index contributed by atoms with van der Waals surface area (Å²) in [4.78, 5) is 34.0. The van der Waals surface area contributed by atoms with Gasteiger partial charge in [0, 0.05) is 0 Å². The molecular weight excluding hydrogens is 294 g/mol. The molecule has 0 bridgehead atoms. The molecule has 21 heavy (non-hydrogen) atoms. The Hall–Kier alpha value is -1.93. The van der Waals surface area contributed by atoms with Gasteiger partial charge in [0.1, 0.15) is 11.0 Å². The van der Waals surface area contributed by atoms with Crippen LogP contribution >= 0.6 is 11.3 Å². The van der Waals surface area contributed by atoms with Gasteiger partial charge in [-0.25, -0.2) is 0 Å². The molecule has 0 spiro atoms. The van der Waals surface area contributed by atoms with E-state index in [-0.39, 0.29) is 18.0 Å². The van der Waals surface area contributed by atoms with Crippen LogP contribution in [0.15, 0.2) is 11.4 Å². The van der Waals surface area contributed by atoms with E-state index in [2.05, 4.69) is 10.6 Å². The molecule has 0 aliphatic carbocycles. The second kappa shape index (κ2) is 7.75. The van der Waals surface area contributed by atoms with E-state index in [1.54, 1.807) is 5.38 Å². The molecule has 5 N–H and O–H groups in total. The topological polar surface area (TPSA) is 122 Å². The predicted octanol–water partition coefficient (Wildman–Crippen LogP) is 0.874. The summed E-state index contributed by atoms with van der Waals surface area (Å²) in [7, 11) is 0. The summed E-state index contributed by atoms with van der Waals surface area (Å²) in [6.45, 7) is 3.66. The Kier molecular flexibility index (Phi) is 6.32. The van der Waals surface area contributed by atoms with E-state index in [1.807, 2.05) is 13.8 Å². The molecule has 2 amide bonds. The molecule has 1 heterocycles. The van der Waals surface area contributed by atoms with Crippen LogP contribution in [0.25, 0.3) is 0 Å². The first-order valence-corrected chi connectivity index (χ1v) is 7.32. The standard InChI is InChI=1S/C13H19N3O4S/c1-7(2)5-9(13(19)20)15-6-10(17)16-12-8(11(14)18)3-4-21-12/h3-4,7,9,15H,5-6H2,1-2H3,(H2,14,18)(H,16,17)(H,19,20). The van der Waals surface area contributed by atoms with Crippen molar-refractivity contribution in [1.29, 1.82) is 0 Å². The maximum absolute atomic E-state index is 11.8. The van der Waals surface area contributed by atoms with E-state index < -0.39 is 23.8 Å². The van der Waals surface area contributed by atoms with Crippen LogP contribution in [-0.4, -0.2) is 35.5 Å². The molecule has 1 rings (SSSR count). The summed E-state index contributed by atoms with van der Waals surface area (Å²) < 4.78 is 0. The average molecular weight is 313 g/mol. The van der Waals surface area contributed by atoms with Gasteiger partial charge in [-0.1, -0.05) is 13.8 Å². The van der Waals surface area contributed by atoms with Crippen molar-refractivity contribution in [3.05, 3.63) is 17.0 Å². The number of thiophene rings is 1. The van der Waals surface area contributed by atoms with E-state index in [1.165, 1.54) is 17.4 Å². The van der Waals surface area contributed by atoms with E-state index in [0.29, 0.717) is 11.4 Å². The third-order valence-electron chi connectivity index (χ3n) is 2.70. The first-order chi connectivity index (χ1) is 9.81. The summed E-state index contributed by atoms with van der Waals surface area (Å²) in [5.74, 6) is -1.84. The Morgan fingerprint density at radius 3 is 2.57 bits per heavy atom. The maximum atomic E-state index is 11.8. The molecule has 8 heteroatoms. The van der Waals surface area contributed by atoms with Gasteiger partial charge in [-0.05, 0) is 23.8 Å². The molecule has 0 radical (unpaired) electrons. The largest absolute Gasteiger partial charge is 0.480 e. The minimum absolute atomic E-state index is 0.153. The van der Waals surface area contributed by atoms with E-state index in [4.69, 9.17) is 10.8 Å². The quantitative estimate of drug-likeness (QED) is 0.567. The van der Waals surface area contributed by atoms with Crippen molar-refractivity contribution >= 4 is 34.1 Å². The monoisotopic (exact) mass is 313 g/mol. The zero-order valence-corrected chi connectivity index (χ0v) is 12.7. The summed E-state index contributed by atoms with van der Waals surface area (Å²) in [6, 6.07) is 0.740. The van der Waals surface area contributed by atoms with Gasteiger partial charge in [0.2, 0.25) is 5.91 Å². The Bertz CT molecular complexity index is 527. The van der Waals surface area contributed by atoms with Gasteiger partial charge in [0.25, 0.3) is 5.91 Å². The van der Waals surface area contributed by atoms with Gasteiger partial charge in [-0.15, -0.1) is 11.3 Å². The summed E-state index contributed by atoms with van der Waals surface area (Å²) in [5.41, 5.74) is 5.42. The fourth-order valence-electron chi connectivity index (χ4n) is 1.73. The number of hydrogen-bond donors (Lipinski definition) is 4. The first kappa shape index (κ1) is 17.1. The Morgan fingerprint density at radius 1 is 1.38 bits per heavy atom. The normalized spacial score (nSPS) is 12.1. The average Bonchev–Trinajstić information content (AvgIpc) is 2.81. The number of carboxylic acid groups (broad SMARTS) is 1. The fourth-order valence-corrected chi connectivity index (χ4v) is 2.54. The first-order valence-electron chi connectivity index (χ1n) is 6.44. The number of rotatable bonds is 8. The number of nitrogens with one attached hydrogen (secondary N) is 2. The second-order valence-corrected chi connectivity index (χ2v) is 5.89. The lowest BCUT2D eigenvalue weighted by molar-refractivity contribution is -0.139. The number of amides is 2. The molecule has 1 unspecified atom stereocenters. The number of anilines is 1. The minimum Gasteiger partial charge on any atom is -0.480 e. The van der Waals surface area contributed by atoms with Crippen LogP contribution in [0.2, 0.25) is 0 Å². The molecule has 0 aliphatic heterocycles. The third kappa shape index (κ3) is 5.52. The lowest BCUT2D eigenvalue weighted by atomic mass is 10.0. The van der Waals surface area contributed by atoms with Gasteiger partial charge < -0.3 is 16.2 Å². The van der Waals surface area contributed by atoms with Crippen LogP contribution in [0, 0.1) is 5.92 Å². The molecule has 7 nitrogen and oxygen atoms in total. The van der Waals surface area contributed by atoms with Crippen LogP contribution in [0.5, 0.6) is 0 Å². The van der Waals surface area contributed by atoms with Gasteiger partial charge in [0.05, 0.1) is 12.1 Å². The predicted molar refractivity (Wildman–Crippen MR) is 80.3 cm³/mol. The number of primary amides is 1. The van der Waals surface area contributed by atoms with Crippen LogP contribution in [0.1, 0.15) is 30.6 Å². The molecule has 0 saturated carbocycles. The van der Waals surface area contributed by atoms with Crippen molar-refractivity contribution in [2.45, 2.75) is 26.3 Å². The van der Waals surface area contributed by atoms with Crippen molar-refractivity contribution in [3.8, 4) is 0 Å². The van der Waals surface area contributed by atoms with Crippen molar-refractivity contribution < 1.29 is 19.5 Å². The Balaban J connectivity index is 2.55. The molecule has 0 aliphatic rings. The SMILES string of the molecule is CC(C)CC(NCC(=O)Nc1sccc1C(N)=O)C(=O)O. The minimum atomic E-state index is -0.995. The number of hydrogen-bond acceptors (Lipinski definition) is 5. The van der Waals surface area contributed by atoms with Crippen LogP contribution in [0.4, 0.5) is 5.00 Å². The van der Waals surface area contributed by atoms with E-state index >= 15 is 0 Å². The summed E-state index contributed by atoms with van der Waals surface area (Å²) in [5, 5.41) is 16.3. The highest BCUT2D eigenvalue weighted by atomic mass is 32.1. The Labute approximate surface area is 126 Å². The molecule has 116 valence electrons. The zero-order valence-electron chi connectivity index (χ0n) is 11.9. The third-order valence-corrected chi connectivity index (χ3v) is 3.53. The number of nitrogens with two attached hydrogens (primary N) is 1. The molecule has 1 aromatic rings. The van der Waals surface area contributed by atoms with Gasteiger partial charge in [-0.3, -0.25) is 19.7 Å². The Morgan fingerprint density at radius 2 is 2.05 bits per heavy atom. The second-order valence-electron chi connectivity index (χ2n) is 4.98. The number of carbonyl (C=O) groups excluding carboxylic acids is 2. The van der Waals surface area contributed by atoms with Crippen molar-refractivity contribution in [2.75, 3.05) is 11.9 Å². The molecule has 0 saturated heterocycles. The van der Waals surface area contributed by atoms with Gasteiger partial charge >= 0.3 is 5.97 Å². The number of aliphatic carboxylic acids is 1.